The highest BCUT2D eigenvalue weighted by Gasteiger charge is 2.73. The van der Waals surface area contributed by atoms with Crippen molar-refractivity contribution in [2.45, 2.75) is 151 Å². The van der Waals surface area contributed by atoms with Gasteiger partial charge in [0.05, 0.1) is 45.0 Å². The molecular formula is C46H75N5O6. The number of amides is 1. The Bertz CT molecular complexity index is 1730. The number of piperidine rings is 1. The molecule has 1 amide bonds. The fourth-order valence-electron chi connectivity index (χ4n) is 13.8. The SMILES string of the molecule is COC(=O)N1CCC(c2ncnn2[C@@H]2C[C@]3(C)COC[C@@]4(C5=CC[C@@]6(C)[C@H](C(=O)O)[C@@](C)([C@H](C)C(C)C)CC[C@]6(C)[C@H]5CC[C@H]34)[C@H]2OC[C@](C)(N)C(C)(C)C)CC1. The summed E-state index contributed by atoms with van der Waals surface area (Å²) >= 11 is 0. The quantitative estimate of drug-likeness (QED) is 0.248. The molecule has 1 aromatic heterocycles. The molecule has 0 spiro atoms. The minimum Gasteiger partial charge on any atom is -0.481 e. The van der Waals surface area contributed by atoms with Gasteiger partial charge in [-0.25, -0.2) is 14.5 Å². The number of aliphatic carboxylic acids is 1. The van der Waals surface area contributed by atoms with E-state index in [2.05, 4.69) is 86.9 Å². The first-order chi connectivity index (χ1) is 26.5. The monoisotopic (exact) mass is 794 g/mol. The molecule has 5 fully saturated rings. The lowest BCUT2D eigenvalue weighted by atomic mass is 9.34. The van der Waals surface area contributed by atoms with Crippen molar-refractivity contribution in [1.82, 2.24) is 19.7 Å². The van der Waals surface area contributed by atoms with Crippen LogP contribution in [0.25, 0.3) is 0 Å². The number of hydrogen-bond donors (Lipinski definition) is 2. The van der Waals surface area contributed by atoms with Gasteiger partial charge in [0, 0.05) is 30.0 Å². The maximum Gasteiger partial charge on any atom is 0.409 e. The molecule has 1 aromatic rings. The Hall–Kier alpha value is -2.50. The summed E-state index contributed by atoms with van der Waals surface area (Å²) in [6.45, 7) is 27.8. The number of fused-ring (bicyclic) bond motifs is 3. The van der Waals surface area contributed by atoms with E-state index < -0.39 is 28.3 Å². The van der Waals surface area contributed by atoms with E-state index in [0.29, 0.717) is 44.7 Å². The zero-order chi connectivity index (χ0) is 41.7. The second-order valence-electron chi connectivity index (χ2n) is 22.3. The maximum atomic E-state index is 13.7. The van der Waals surface area contributed by atoms with Crippen molar-refractivity contribution in [1.29, 1.82) is 0 Å². The van der Waals surface area contributed by atoms with Gasteiger partial charge in [-0.05, 0) is 109 Å². The molecular weight excluding hydrogens is 719 g/mol. The third-order valence-electron chi connectivity index (χ3n) is 18.5. The van der Waals surface area contributed by atoms with Crippen molar-refractivity contribution in [3.63, 3.8) is 0 Å². The molecule has 320 valence electrons. The smallest absolute Gasteiger partial charge is 0.409 e. The molecule has 4 aliphatic carbocycles. The van der Waals surface area contributed by atoms with Crippen LogP contribution in [-0.2, 0) is 19.0 Å². The summed E-state index contributed by atoms with van der Waals surface area (Å²) in [6.07, 6.45) is 10.8. The van der Waals surface area contributed by atoms with Crippen LogP contribution in [0.3, 0.4) is 0 Å². The van der Waals surface area contributed by atoms with Crippen LogP contribution in [0, 0.1) is 62.1 Å². The number of likely N-dealkylation sites (tertiary alicyclic amines) is 1. The van der Waals surface area contributed by atoms with Gasteiger partial charge in [-0.2, -0.15) is 5.10 Å². The summed E-state index contributed by atoms with van der Waals surface area (Å²) in [7, 11) is 1.44. The first-order valence-corrected chi connectivity index (χ1v) is 22.2. The molecule has 3 N–H and O–H groups in total. The molecule has 57 heavy (non-hydrogen) atoms. The molecule has 2 saturated heterocycles. The highest BCUT2D eigenvalue weighted by molar-refractivity contribution is 5.73. The van der Waals surface area contributed by atoms with Crippen LogP contribution in [0.4, 0.5) is 4.79 Å². The minimum atomic E-state index is -0.643. The van der Waals surface area contributed by atoms with Crippen LogP contribution in [0.2, 0.25) is 0 Å². The molecule has 3 heterocycles. The summed E-state index contributed by atoms with van der Waals surface area (Å²) < 4.78 is 21.6. The van der Waals surface area contributed by atoms with E-state index in [1.54, 1.807) is 11.2 Å². The highest BCUT2D eigenvalue weighted by Crippen LogP contribution is 2.75. The Morgan fingerprint density at radius 3 is 2.32 bits per heavy atom. The number of hydrogen-bond acceptors (Lipinski definition) is 8. The lowest BCUT2D eigenvalue weighted by Crippen LogP contribution is -2.70. The number of carboxylic acid groups (broad SMARTS) is 1. The number of nitrogens with zero attached hydrogens (tertiary/aromatic N) is 4. The van der Waals surface area contributed by atoms with Gasteiger partial charge in [-0.3, -0.25) is 4.79 Å². The Labute approximate surface area is 342 Å². The first kappa shape index (κ1) is 42.6. The number of allylic oxidation sites excluding steroid dienone is 1. The van der Waals surface area contributed by atoms with E-state index in [0.717, 1.165) is 57.2 Å². The molecule has 2 aliphatic heterocycles. The molecule has 7 rings (SSSR count). The van der Waals surface area contributed by atoms with Crippen LogP contribution in [0.1, 0.15) is 145 Å². The van der Waals surface area contributed by atoms with Crippen molar-refractivity contribution < 1.29 is 28.9 Å². The van der Waals surface area contributed by atoms with Crippen molar-refractivity contribution in [3.05, 3.63) is 23.8 Å². The largest absolute Gasteiger partial charge is 0.481 e. The summed E-state index contributed by atoms with van der Waals surface area (Å²) in [4.78, 5) is 32.8. The number of aromatic nitrogens is 3. The second-order valence-corrected chi connectivity index (χ2v) is 22.3. The number of carboxylic acids is 1. The Kier molecular flexibility index (Phi) is 10.7. The molecule has 6 aliphatic rings. The van der Waals surface area contributed by atoms with Crippen molar-refractivity contribution in [2.24, 2.45) is 67.8 Å². The van der Waals surface area contributed by atoms with E-state index in [9.17, 15) is 14.7 Å². The second kappa shape index (κ2) is 14.3. The summed E-state index contributed by atoms with van der Waals surface area (Å²) in [5, 5.41) is 16.3. The van der Waals surface area contributed by atoms with Gasteiger partial charge < -0.3 is 30.0 Å². The Morgan fingerprint density at radius 1 is 1.02 bits per heavy atom. The van der Waals surface area contributed by atoms with Crippen LogP contribution >= 0.6 is 0 Å². The van der Waals surface area contributed by atoms with Gasteiger partial charge in [-0.1, -0.05) is 80.9 Å². The van der Waals surface area contributed by atoms with Gasteiger partial charge in [0.2, 0.25) is 0 Å². The molecule has 2 bridgehead atoms. The summed E-state index contributed by atoms with van der Waals surface area (Å²) in [6, 6.07) is -0.115. The van der Waals surface area contributed by atoms with Crippen molar-refractivity contribution in [3.8, 4) is 0 Å². The number of rotatable bonds is 8. The molecule has 11 nitrogen and oxygen atoms in total. The van der Waals surface area contributed by atoms with E-state index in [1.165, 1.54) is 12.7 Å². The van der Waals surface area contributed by atoms with E-state index >= 15 is 0 Å². The maximum absolute atomic E-state index is 13.7. The summed E-state index contributed by atoms with van der Waals surface area (Å²) in [5.41, 5.74) is 6.25. The molecule has 0 aromatic carbocycles. The predicted octanol–water partition coefficient (Wildman–Crippen LogP) is 8.50. The van der Waals surface area contributed by atoms with Crippen LogP contribution in [-0.4, -0.2) is 88.5 Å². The molecule has 12 atom stereocenters. The number of carbonyl (C=O) groups is 2. The molecule has 11 heteroatoms. The third kappa shape index (κ3) is 6.26. The van der Waals surface area contributed by atoms with Crippen molar-refractivity contribution in [2.75, 3.05) is 40.0 Å². The zero-order valence-electron chi connectivity index (χ0n) is 37.3. The van der Waals surface area contributed by atoms with E-state index in [-0.39, 0.29) is 57.7 Å². The van der Waals surface area contributed by atoms with Crippen LogP contribution in [0.15, 0.2) is 18.0 Å². The molecule has 0 radical (unpaired) electrons. The lowest BCUT2D eigenvalue weighted by Gasteiger charge is -2.71. The standard InChI is InChI=1S/C46H75N5O6/c1-28(2)29(3)42(8)19-20-43(9)31-13-14-34-41(7)23-33(51-37(48-27-49-51)30-16-21-50(22-17-30)39(54)55-12)36(57-25-45(11,47)40(4,5)6)46(34,26-56-24-41)32(31)15-18-44(43,10)35(42)38(52)53/h15,27-31,33-36H,13-14,16-26,47H2,1-12H3,(H,52,53)/t29-,31+,33-,34-,35-,36+,41-,42-,43-,44+,45+,46+/m1/s1. The summed E-state index contributed by atoms with van der Waals surface area (Å²) in [5.74, 6) is 1.21. The van der Waals surface area contributed by atoms with Gasteiger partial charge in [-0.15, -0.1) is 0 Å². The predicted molar refractivity (Wildman–Crippen MR) is 220 cm³/mol. The van der Waals surface area contributed by atoms with Crippen LogP contribution < -0.4 is 5.73 Å². The highest BCUT2D eigenvalue weighted by atomic mass is 16.5. The van der Waals surface area contributed by atoms with Gasteiger partial charge >= 0.3 is 12.1 Å². The average Bonchev–Trinajstić information content (AvgIpc) is 3.63. The molecule has 3 saturated carbocycles. The topological polar surface area (TPSA) is 142 Å². The minimum absolute atomic E-state index is 0.115. The third-order valence-corrected chi connectivity index (χ3v) is 18.5. The van der Waals surface area contributed by atoms with Crippen molar-refractivity contribution >= 4 is 12.1 Å². The van der Waals surface area contributed by atoms with Gasteiger partial charge in [0.25, 0.3) is 0 Å². The van der Waals surface area contributed by atoms with Gasteiger partial charge in [0.1, 0.15) is 12.2 Å². The first-order valence-electron chi connectivity index (χ1n) is 22.2. The Balaban J connectivity index is 1.35. The average molecular weight is 794 g/mol. The lowest BCUT2D eigenvalue weighted by molar-refractivity contribution is -0.255. The fourth-order valence-corrected chi connectivity index (χ4v) is 13.8. The number of nitrogens with two attached hydrogens (primary N) is 1. The van der Waals surface area contributed by atoms with E-state index in [1.807, 2.05) is 0 Å². The fraction of sp³-hybridized carbons (Fsp3) is 0.870. The van der Waals surface area contributed by atoms with E-state index in [4.69, 9.17) is 30.0 Å². The zero-order valence-corrected chi connectivity index (χ0v) is 37.3. The Morgan fingerprint density at radius 2 is 1.70 bits per heavy atom. The number of ether oxygens (including phenoxy) is 3. The molecule has 0 unspecified atom stereocenters. The number of methoxy groups -OCH3 is 1. The number of carbonyl (C=O) groups excluding carboxylic acids is 1. The van der Waals surface area contributed by atoms with Gasteiger partial charge in [0.15, 0.2) is 0 Å². The normalized spacial score (nSPS) is 41.3. The van der Waals surface area contributed by atoms with Crippen LogP contribution in [0.5, 0.6) is 0 Å².